The Labute approximate surface area is 214 Å². The number of nitrogens with zero attached hydrogens (tertiary/aromatic N) is 3. The molecule has 0 heterocycles. The average molecular weight is 499 g/mol. The highest BCUT2D eigenvalue weighted by molar-refractivity contribution is 7.80. The Kier molecular flexibility index (Phi) is 12.8. The number of carbonyl (C=O) groups excluding carboxylic acids is 1. The number of nitrogens with two attached hydrogens (primary N) is 1. The number of urea groups is 1. The fourth-order valence-corrected chi connectivity index (χ4v) is 2.66. The van der Waals surface area contributed by atoms with Crippen LogP contribution in [0.15, 0.2) is 137 Å². The van der Waals surface area contributed by atoms with Gasteiger partial charge in [-0.25, -0.2) is 10.6 Å². The number of hydrazine groups is 2. The molecule has 0 aliphatic rings. The zero-order chi connectivity index (χ0) is 25.8. The molecule has 0 unspecified atom stereocenters. The number of benzene rings is 4. The number of nitrogens with one attached hydrogen (secondary N) is 4. The molecule has 182 valence electrons. The maximum atomic E-state index is 9.59. The highest BCUT2D eigenvalue weighted by Gasteiger charge is 1.93. The first kappa shape index (κ1) is 27.4. The van der Waals surface area contributed by atoms with E-state index in [1.54, 1.807) is 5.43 Å². The Morgan fingerprint density at radius 1 is 0.722 bits per heavy atom. The van der Waals surface area contributed by atoms with Crippen molar-refractivity contribution in [3.8, 4) is 11.1 Å². The Hall–Kier alpha value is -4.80. The molecule has 0 saturated carbocycles. The van der Waals surface area contributed by atoms with Gasteiger partial charge in [0.25, 0.3) is 0 Å². The molecular weight excluding hydrogens is 472 g/mol. The van der Waals surface area contributed by atoms with E-state index in [2.05, 4.69) is 80.6 Å². The van der Waals surface area contributed by atoms with Gasteiger partial charge < -0.3 is 0 Å². The number of amides is 2. The molecule has 0 aromatic heterocycles. The maximum absolute atomic E-state index is 9.59. The summed E-state index contributed by atoms with van der Waals surface area (Å²) in [6.07, 6.45) is 0. The van der Waals surface area contributed by atoms with Gasteiger partial charge in [-0.3, -0.25) is 16.3 Å². The largest absolute Gasteiger partial charge is 0.373 e. The molecule has 0 spiro atoms. The number of anilines is 1. The van der Waals surface area contributed by atoms with Crippen molar-refractivity contribution in [2.75, 3.05) is 5.43 Å². The minimum absolute atomic E-state index is 0.280. The van der Waals surface area contributed by atoms with Crippen LogP contribution in [0.2, 0.25) is 0 Å². The van der Waals surface area contributed by atoms with Crippen LogP contribution < -0.4 is 22.1 Å². The second-order valence-electron chi connectivity index (χ2n) is 6.75. The van der Waals surface area contributed by atoms with E-state index >= 15 is 0 Å². The smallest absolute Gasteiger partial charge is 0.299 e. The van der Waals surface area contributed by atoms with Gasteiger partial charge in [-0.15, -0.1) is 10.2 Å². The summed E-state index contributed by atoms with van der Waals surface area (Å²) in [4.78, 5) is 9.59. The quantitative estimate of drug-likeness (QED) is 0.0706. The second-order valence-corrected chi connectivity index (χ2v) is 7.14. The van der Waals surface area contributed by atoms with Crippen LogP contribution in [0.4, 0.5) is 16.2 Å². The Balaban J connectivity index is 0.000000218. The van der Waals surface area contributed by atoms with Crippen LogP contribution in [0.3, 0.4) is 0 Å². The number of thiocarbonyl (C=S) groups is 1. The normalized spacial score (nSPS) is 9.47. The van der Waals surface area contributed by atoms with Crippen LogP contribution in [-0.2, 0) is 0 Å². The number of para-hydroxylation sites is 1. The van der Waals surface area contributed by atoms with Crippen molar-refractivity contribution in [3.63, 3.8) is 0 Å². The van der Waals surface area contributed by atoms with Crippen LogP contribution in [0.5, 0.6) is 0 Å². The summed E-state index contributed by atoms with van der Waals surface area (Å²) < 4.78 is 0. The van der Waals surface area contributed by atoms with Crippen LogP contribution >= 0.6 is 12.2 Å². The van der Waals surface area contributed by atoms with Crippen molar-refractivity contribution in [1.82, 2.24) is 10.9 Å². The van der Waals surface area contributed by atoms with E-state index in [1.165, 1.54) is 11.1 Å². The third-order valence-electron chi connectivity index (χ3n) is 4.21. The molecule has 10 heteroatoms. The highest BCUT2D eigenvalue weighted by Crippen LogP contribution is 2.17. The van der Waals surface area contributed by atoms with Gasteiger partial charge in [-0.1, -0.05) is 102 Å². The lowest BCUT2D eigenvalue weighted by Crippen LogP contribution is -2.26. The number of hydrogen-bond donors (Lipinski definition) is 5. The molecule has 0 saturated heterocycles. The zero-order valence-corrected chi connectivity index (χ0v) is 20.1. The Bertz CT molecular complexity index is 1170. The fourth-order valence-electron chi connectivity index (χ4n) is 2.56. The molecule has 4 aromatic rings. The first-order valence-electron chi connectivity index (χ1n) is 10.7. The van der Waals surface area contributed by atoms with Gasteiger partial charge >= 0.3 is 6.03 Å². The van der Waals surface area contributed by atoms with Crippen molar-refractivity contribution >= 4 is 34.7 Å². The van der Waals surface area contributed by atoms with E-state index in [9.17, 15) is 4.79 Å². The molecule has 6 N–H and O–H groups in total. The molecule has 2 amide bonds. The Morgan fingerprint density at radius 2 is 1.17 bits per heavy atom. The standard InChI is InChI=1S/C13H12N4S.C12H10.CH4N4O/c18-13(16-14-11-7-3-1-4-8-11)17-15-12-9-5-2-6-10-12;1-3-7-11(8-4-1)12-9-5-2-6-10-12;2-4-1(6)5-3/h1-10,14H,(H,16,18);1-10H;2H,3H2,(H,5,6)/b17-15+;;. The molecule has 0 fully saturated rings. The average Bonchev–Trinajstić information content (AvgIpc) is 2.97. The van der Waals surface area contributed by atoms with Crippen LogP contribution in [-0.4, -0.2) is 11.1 Å². The second kappa shape index (κ2) is 16.8. The number of hydrogen-bond acceptors (Lipinski definition) is 6. The lowest BCUT2D eigenvalue weighted by molar-refractivity contribution is 0.247. The van der Waals surface area contributed by atoms with Gasteiger partial charge in [-0.05, 0) is 47.6 Å². The monoisotopic (exact) mass is 498 g/mol. The van der Waals surface area contributed by atoms with Crippen molar-refractivity contribution in [2.45, 2.75) is 0 Å². The number of carbonyl (C=O) groups is 1. The topological polar surface area (TPSA) is 140 Å². The van der Waals surface area contributed by atoms with Crippen LogP contribution in [0, 0.1) is 5.53 Å². The number of azo groups is 1. The van der Waals surface area contributed by atoms with Crippen molar-refractivity contribution in [2.24, 2.45) is 21.2 Å². The number of rotatable bonds is 4. The summed E-state index contributed by atoms with van der Waals surface area (Å²) >= 11 is 5.02. The van der Waals surface area contributed by atoms with E-state index in [-0.39, 0.29) is 5.11 Å². The third-order valence-corrected chi connectivity index (χ3v) is 4.39. The van der Waals surface area contributed by atoms with E-state index in [0.717, 1.165) is 11.4 Å². The van der Waals surface area contributed by atoms with Crippen molar-refractivity contribution < 1.29 is 4.79 Å². The summed E-state index contributed by atoms with van der Waals surface area (Å²) in [6, 6.07) is 39.0. The predicted octanol–water partition coefficient (Wildman–Crippen LogP) is 6.63. The van der Waals surface area contributed by atoms with E-state index in [1.807, 2.05) is 72.8 Å². The molecule has 36 heavy (non-hydrogen) atoms. The molecule has 0 aliphatic carbocycles. The molecule has 9 nitrogen and oxygen atoms in total. The maximum Gasteiger partial charge on any atom is 0.373 e. The van der Waals surface area contributed by atoms with Gasteiger partial charge in [0.2, 0.25) is 5.11 Å². The SMILES string of the molecule is N=NC(=O)NN.S=C(/N=N/c1ccccc1)NNc1ccccc1.c1ccc(-c2ccccc2)cc1. The summed E-state index contributed by atoms with van der Waals surface area (Å²) in [5, 5.41) is 10.6. The third kappa shape index (κ3) is 11.4. The molecule has 0 radical (unpaired) electrons. The summed E-state index contributed by atoms with van der Waals surface area (Å²) in [6.45, 7) is 0. The van der Waals surface area contributed by atoms with E-state index in [0.29, 0.717) is 0 Å². The van der Waals surface area contributed by atoms with Crippen molar-refractivity contribution in [3.05, 3.63) is 121 Å². The van der Waals surface area contributed by atoms with Gasteiger partial charge in [0.1, 0.15) is 0 Å². The van der Waals surface area contributed by atoms with E-state index < -0.39 is 6.03 Å². The molecule has 4 aromatic carbocycles. The summed E-state index contributed by atoms with van der Waals surface area (Å²) in [5.74, 6) is 4.47. The highest BCUT2D eigenvalue weighted by atomic mass is 32.1. The van der Waals surface area contributed by atoms with Crippen molar-refractivity contribution in [1.29, 1.82) is 5.53 Å². The van der Waals surface area contributed by atoms with Gasteiger partial charge in [0.05, 0.1) is 11.4 Å². The lowest BCUT2D eigenvalue weighted by Gasteiger charge is -2.06. The minimum atomic E-state index is -0.838. The lowest BCUT2D eigenvalue weighted by atomic mass is 10.1. The Morgan fingerprint density at radius 3 is 1.58 bits per heavy atom. The van der Waals surface area contributed by atoms with Gasteiger partial charge in [0.15, 0.2) is 0 Å². The molecule has 0 atom stereocenters. The molecule has 0 bridgehead atoms. The molecule has 0 aliphatic heterocycles. The van der Waals surface area contributed by atoms with Crippen LogP contribution in [0.1, 0.15) is 0 Å². The van der Waals surface area contributed by atoms with E-state index in [4.69, 9.17) is 17.7 Å². The predicted molar refractivity (Wildman–Crippen MR) is 147 cm³/mol. The summed E-state index contributed by atoms with van der Waals surface area (Å²) in [5.41, 5.74) is 17.5. The van der Waals surface area contributed by atoms with Crippen LogP contribution in [0.25, 0.3) is 11.1 Å². The zero-order valence-electron chi connectivity index (χ0n) is 19.3. The summed E-state index contributed by atoms with van der Waals surface area (Å²) in [7, 11) is 0. The first-order chi connectivity index (χ1) is 17.6. The van der Waals surface area contributed by atoms with Gasteiger partial charge in [0, 0.05) is 0 Å². The fraction of sp³-hybridized carbons (Fsp3) is 0. The first-order valence-corrected chi connectivity index (χ1v) is 11.1. The molecular formula is C26H26N8OS. The van der Waals surface area contributed by atoms with Gasteiger partial charge in [-0.2, -0.15) is 5.53 Å². The molecule has 4 rings (SSSR count). The minimum Gasteiger partial charge on any atom is -0.299 e.